The number of alkyl halides is 4. The molecule has 0 N–H and O–H groups in total. The Morgan fingerprint density at radius 2 is 1.72 bits per heavy atom. The zero-order valence-electron chi connectivity index (χ0n) is 14.1. The highest BCUT2D eigenvalue weighted by Crippen LogP contribution is 2.26. The van der Waals surface area contributed by atoms with Gasteiger partial charge in [-0.2, -0.15) is 8.78 Å². The second-order valence-electron chi connectivity index (χ2n) is 6.60. The fourth-order valence-electron chi connectivity index (χ4n) is 3.21. The minimum Gasteiger partial charge on any atom is -0.378 e. The molecule has 0 amide bonds. The van der Waals surface area contributed by atoms with Gasteiger partial charge in [0.05, 0.1) is 26.3 Å². The normalized spacial score (nSPS) is 27.2. The molecule has 0 saturated carbocycles. The Balaban J connectivity index is 1.37. The first-order valence-corrected chi connectivity index (χ1v) is 9.46. The molecule has 1 atom stereocenters. The Morgan fingerprint density at radius 1 is 1.08 bits per heavy atom. The fraction of sp³-hybridized carbons (Fsp3) is 0.933. The van der Waals surface area contributed by atoms with Gasteiger partial charge < -0.3 is 9.64 Å². The lowest BCUT2D eigenvalue weighted by atomic mass is 10.2. The van der Waals surface area contributed by atoms with Gasteiger partial charge in [-0.05, 0) is 0 Å². The molecular weight excluding hydrogens is 360 g/mol. The summed E-state index contributed by atoms with van der Waals surface area (Å²) in [5.74, 6) is -3.93. The van der Waals surface area contributed by atoms with E-state index in [2.05, 4.69) is 14.8 Å². The fourth-order valence-corrected chi connectivity index (χ4v) is 4.43. The van der Waals surface area contributed by atoms with Crippen LogP contribution in [0.4, 0.5) is 17.6 Å². The number of aliphatic imine (C=N–C) groups is 1. The van der Waals surface area contributed by atoms with Gasteiger partial charge in [-0.25, -0.2) is 8.78 Å². The van der Waals surface area contributed by atoms with Gasteiger partial charge in [0.2, 0.25) is 0 Å². The van der Waals surface area contributed by atoms with Crippen LogP contribution in [0, 0.1) is 0 Å². The van der Waals surface area contributed by atoms with Crippen LogP contribution in [0.15, 0.2) is 4.99 Å². The van der Waals surface area contributed by atoms with Crippen LogP contribution >= 0.6 is 11.8 Å². The van der Waals surface area contributed by atoms with E-state index in [0.29, 0.717) is 31.4 Å². The highest BCUT2D eigenvalue weighted by molar-refractivity contribution is 8.14. The summed E-state index contributed by atoms with van der Waals surface area (Å²) < 4.78 is 56.2. The van der Waals surface area contributed by atoms with E-state index in [1.54, 1.807) is 11.8 Å². The third kappa shape index (κ3) is 5.21. The van der Waals surface area contributed by atoms with Gasteiger partial charge in [-0.15, -0.1) is 0 Å². The molecular formula is C15H24F4N4OS. The van der Waals surface area contributed by atoms with Crippen molar-refractivity contribution in [1.82, 2.24) is 14.7 Å². The van der Waals surface area contributed by atoms with Gasteiger partial charge >= 0.3 is 12.3 Å². The van der Waals surface area contributed by atoms with E-state index in [0.717, 1.165) is 44.6 Å². The third-order valence-corrected chi connectivity index (χ3v) is 5.89. The van der Waals surface area contributed by atoms with Gasteiger partial charge in [-0.1, -0.05) is 11.8 Å². The number of nitrogens with zero attached hydrogens (tertiary/aromatic N) is 4. The van der Waals surface area contributed by atoms with Crippen LogP contribution in [0.5, 0.6) is 0 Å². The second-order valence-corrected chi connectivity index (χ2v) is 7.87. The van der Waals surface area contributed by atoms with Crippen LogP contribution in [0.2, 0.25) is 0 Å². The molecule has 10 heteroatoms. The molecule has 3 aliphatic heterocycles. The van der Waals surface area contributed by atoms with Crippen molar-refractivity contribution in [3.63, 3.8) is 0 Å². The van der Waals surface area contributed by atoms with Crippen molar-refractivity contribution in [2.75, 3.05) is 72.1 Å². The number of ether oxygens (including phenoxy) is 1. The molecule has 2 fully saturated rings. The van der Waals surface area contributed by atoms with Gasteiger partial charge in [0.1, 0.15) is 0 Å². The average molecular weight is 384 g/mol. The van der Waals surface area contributed by atoms with Crippen LogP contribution in [0.3, 0.4) is 0 Å². The maximum Gasteiger partial charge on any atom is 0.319 e. The Kier molecular flexibility index (Phi) is 6.45. The molecule has 0 aromatic heterocycles. The molecule has 5 nitrogen and oxygen atoms in total. The minimum atomic E-state index is -3.93. The maximum absolute atomic E-state index is 13.1. The predicted molar refractivity (Wildman–Crippen MR) is 89.9 cm³/mol. The molecule has 0 radical (unpaired) electrons. The van der Waals surface area contributed by atoms with E-state index in [9.17, 15) is 17.6 Å². The zero-order chi connectivity index (χ0) is 17.9. The molecule has 0 aromatic rings. The molecule has 3 aliphatic rings. The summed E-state index contributed by atoms with van der Waals surface area (Å²) in [5, 5.41) is 1.44. The molecule has 0 spiro atoms. The Labute approximate surface area is 149 Å². The van der Waals surface area contributed by atoms with Crippen molar-refractivity contribution >= 4 is 16.9 Å². The molecule has 0 aliphatic carbocycles. The smallest absolute Gasteiger partial charge is 0.319 e. The van der Waals surface area contributed by atoms with E-state index in [1.807, 2.05) is 0 Å². The maximum atomic E-state index is 13.1. The third-order valence-electron chi connectivity index (χ3n) is 4.66. The molecule has 25 heavy (non-hydrogen) atoms. The number of morpholine rings is 1. The summed E-state index contributed by atoms with van der Waals surface area (Å²) >= 11 is 1.77. The topological polar surface area (TPSA) is 31.3 Å². The summed E-state index contributed by atoms with van der Waals surface area (Å²) in [7, 11) is 0. The van der Waals surface area contributed by atoms with Crippen molar-refractivity contribution in [2.45, 2.75) is 17.6 Å². The summed E-state index contributed by atoms with van der Waals surface area (Å²) in [6, 6.07) is 0. The summed E-state index contributed by atoms with van der Waals surface area (Å²) in [6.07, 6.45) is -3.60. The standard InChI is InChI=1S/C15H24F4N4OS/c16-13(17)15(18,19)11-22-3-1-21(2-4-22)10-12-9-20-14(25-12)23-5-7-24-8-6-23/h12-13H,1-11H2/t12-/m1/s1. The van der Waals surface area contributed by atoms with Crippen molar-refractivity contribution in [2.24, 2.45) is 4.99 Å². The van der Waals surface area contributed by atoms with Crippen molar-refractivity contribution in [3.05, 3.63) is 0 Å². The van der Waals surface area contributed by atoms with Crippen molar-refractivity contribution < 1.29 is 22.3 Å². The van der Waals surface area contributed by atoms with Gasteiger partial charge in [0, 0.05) is 51.1 Å². The summed E-state index contributed by atoms with van der Waals surface area (Å²) in [6.45, 7) is 6.01. The second kappa shape index (κ2) is 8.41. The minimum absolute atomic E-state index is 0.367. The number of hydrogen-bond donors (Lipinski definition) is 0. The Hall–Kier alpha value is -0.580. The van der Waals surface area contributed by atoms with Crippen LogP contribution in [0.1, 0.15) is 0 Å². The van der Waals surface area contributed by atoms with E-state index in [-0.39, 0.29) is 0 Å². The van der Waals surface area contributed by atoms with E-state index in [4.69, 9.17) is 4.74 Å². The Bertz CT molecular complexity index is 468. The summed E-state index contributed by atoms with van der Waals surface area (Å²) in [5.41, 5.74) is 0. The van der Waals surface area contributed by atoms with Crippen molar-refractivity contribution in [3.8, 4) is 0 Å². The predicted octanol–water partition coefficient (Wildman–Crippen LogP) is 1.31. The first-order valence-electron chi connectivity index (χ1n) is 8.58. The quantitative estimate of drug-likeness (QED) is 0.668. The van der Waals surface area contributed by atoms with Crippen LogP contribution in [-0.4, -0.2) is 110 Å². The number of piperazine rings is 1. The molecule has 0 aromatic carbocycles. The van der Waals surface area contributed by atoms with Gasteiger partial charge in [0.15, 0.2) is 5.17 Å². The molecule has 3 heterocycles. The number of halogens is 4. The Morgan fingerprint density at radius 3 is 2.36 bits per heavy atom. The van der Waals surface area contributed by atoms with E-state index >= 15 is 0 Å². The number of hydrogen-bond acceptors (Lipinski definition) is 6. The molecule has 0 bridgehead atoms. The summed E-state index contributed by atoms with van der Waals surface area (Å²) in [4.78, 5) is 10.5. The lowest BCUT2D eigenvalue weighted by molar-refractivity contribution is -0.144. The monoisotopic (exact) mass is 384 g/mol. The number of amidine groups is 1. The van der Waals surface area contributed by atoms with Crippen LogP contribution in [0.25, 0.3) is 0 Å². The lowest BCUT2D eigenvalue weighted by Gasteiger charge is -2.37. The average Bonchev–Trinajstić information content (AvgIpc) is 3.06. The van der Waals surface area contributed by atoms with E-state index in [1.165, 1.54) is 4.90 Å². The molecule has 0 unspecified atom stereocenters. The SMILES string of the molecule is FC(F)C(F)(F)CN1CCN(C[C@H]2CN=C(N3CCOCC3)S2)CC1. The molecule has 2 saturated heterocycles. The lowest BCUT2D eigenvalue weighted by Crippen LogP contribution is -2.52. The highest BCUT2D eigenvalue weighted by atomic mass is 32.2. The first-order chi connectivity index (χ1) is 11.9. The van der Waals surface area contributed by atoms with E-state index < -0.39 is 18.9 Å². The zero-order valence-corrected chi connectivity index (χ0v) is 14.9. The number of rotatable bonds is 5. The highest BCUT2D eigenvalue weighted by Gasteiger charge is 2.42. The molecule has 144 valence electrons. The largest absolute Gasteiger partial charge is 0.378 e. The van der Waals surface area contributed by atoms with Gasteiger partial charge in [0.25, 0.3) is 0 Å². The first kappa shape index (κ1) is 19.2. The van der Waals surface area contributed by atoms with Crippen LogP contribution < -0.4 is 0 Å². The number of thioether (sulfide) groups is 1. The molecule has 3 rings (SSSR count). The van der Waals surface area contributed by atoms with Crippen molar-refractivity contribution in [1.29, 1.82) is 0 Å². The van der Waals surface area contributed by atoms with Gasteiger partial charge in [-0.3, -0.25) is 14.8 Å². The van der Waals surface area contributed by atoms with Crippen LogP contribution in [-0.2, 0) is 4.74 Å².